The Bertz CT molecular complexity index is 1390. The van der Waals surface area contributed by atoms with Crippen molar-refractivity contribution in [3.63, 3.8) is 0 Å². The molecule has 0 atom stereocenters. The van der Waals surface area contributed by atoms with Gasteiger partial charge in [0.05, 0.1) is 29.3 Å². The molecule has 36 heavy (non-hydrogen) atoms. The second-order valence-corrected chi connectivity index (χ2v) is 9.38. The van der Waals surface area contributed by atoms with Gasteiger partial charge < -0.3 is 13.7 Å². The van der Waals surface area contributed by atoms with Gasteiger partial charge in [0.1, 0.15) is 10.6 Å². The van der Waals surface area contributed by atoms with Crippen LogP contribution >= 0.6 is 15.9 Å². The van der Waals surface area contributed by atoms with E-state index in [0.29, 0.717) is 16.9 Å². The lowest BCUT2D eigenvalue weighted by molar-refractivity contribution is -0.384. The first kappa shape index (κ1) is 26.6. The molecular weight excluding hydrogens is 558 g/mol. The average Bonchev–Trinajstić information content (AvgIpc) is 2.86. The minimum absolute atomic E-state index is 0.0975. The van der Waals surface area contributed by atoms with Gasteiger partial charge in [0, 0.05) is 17.7 Å². The van der Waals surface area contributed by atoms with Crippen LogP contribution in [0.15, 0.2) is 75.1 Å². The molecule has 1 N–H and O–H groups in total. The number of non-ortho nitro benzene ring substituents is 1. The number of rotatable bonds is 10. The Balaban J connectivity index is 1.80. The lowest BCUT2D eigenvalue weighted by atomic mass is 10.2. The maximum atomic E-state index is 12.7. The minimum Gasteiger partial charge on any atom is -0.497 e. The first-order valence-corrected chi connectivity index (χ1v) is 12.5. The van der Waals surface area contributed by atoms with Crippen molar-refractivity contribution in [1.29, 1.82) is 0 Å². The number of methoxy groups -OCH3 is 1. The molecule has 0 aliphatic heterocycles. The second kappa shape index (κ2) is 11.6. The number of nitro groups is 1. The van der Waals surface area contributed by atoms with Crippen LogP contribution in [0.25, 0.3) is 0 Å². The first-order valence-electron chi connectivity index (χ1n) is 10.3. The maximum Gasteiger partial charge on any atom is 0.339 e. The normalized spacial score (nSPS) is 11.2. The topological polar surface area (TPSA) is 146 Å². The zero-order valence-corrected chi connectivity index (χ0v) is 21.4. The highest BCUT2D eigenvalue weighted by Gasteiger charge is 2.23. The summed E-state index contributed by atoms with van der Waals surface area (Å²) in [5.41, 5.74) is 3.00. The number of ether oxygens (including phenoxy) is 2. The molecule has 3 aromatic carbocycles. The van der Waals surface area contributed by atoms with Gasteiger partial charge in [0.2, 0.25) is 0 Å². The lowest BCUT2D eigenvalue weighted by Gasteiger charge is -2.14. The number of nitrogens with zero attached hydrogens (tertiary/aromatic N) is 2. The van der Waals surface area contributed by atoms with E-state index >= 15 is 0 Å². The molecule has 0 bridgehead atoms. The van der Waals surface area contributed by atoms with Gasteiger partial charge in [-0.05, 0) is 76.9 Å². The van der Waals surface area contributed by atoms with Crippen LogP contribution in [0.5, 0.6) is 17.2 Å². The van der Waals surface area contributed by atoms with Crippen molar-refractivity contribution in [2.45, 2.75) is 11.8 Å². The summed E-state index contributed by atoms with van der Waals surface area (Å²) in [6, 6.07) is 13.8. The Morgan fingerprint density at radius 3 is 2.39 bits per heavy atom. The molecule has 3 aromatic rings. The molecule has 0 aromatic heterocycles. The van der Waals surface area contributed by atoms with Gasteiger partial charge in [-0.15, -0.1) is 0 Å². The number of hydrogen-bond acceptors (Lipinski definition) is 9. The SMILES string of the molecule is CCOc1cc(/C=N\NC(=O)c2ccc(OC)cc2)cc(Br)c1OS(=O)(=O)c1ccc([N+](=O)[O-])cc1. The second-order valence-electron chi connectivity index (χ2n) is 6.98. The van der Waals surface area contributed by atoms with Crippen LogP contribution in [-0.2, 0) is 10.1 Å². The van der Waals surface area contributed by atoms with Crippen molar-refractivity contribution in [3.05, 3.63) is 86.4 Å². The maximum absolute atomic E-state index is 12.7. The summed E-state index contributed by atoms with van der Waals surface area (Å²) >= 11 is 3.28. The third kappa shape index (κ3) is 6.58. The van der Waals surface area contributed by atoms with Crippen molar-refractivity contribution >= 4 is 43.9 Å². The molecule has 0 unspecified atom stereocenters. The summed E-state index contributed by atoms with van der Waals surface area (Å²) in [5.74, 6) is 0.156. The molecule has 0 saturated heterocycles. The van der Waals surface area contributed by atoms with Gasteiger partial charge in [-0.25, -0.2) is 5.43 Å². The van der Waals surface area contributed by atoms with E-state index in [4.69, 9.17) is 13.7 Å². The molecule has 0 aliphatic rings. The monoisotopic (exact) mass is 577 g/mol. The number of carbonyl (C=O) groups excluding carboxylic acids is 1. The minimum atomic E-state index is -4.33. The van der Waals surface area contributed by atoms with Crippen molar-refractivity contribution in [1.82, 2.24) is 5.43 Å². The molecule has 1 amide bonds. The fraction of sp³-hybridized carbons (Fsp3) is 0.130. The number of benzene rings is 3. The largest absolute Gasteiger partial charge is 0.497 e. The fourth-order valence-electron chi connectivity index (χ4n) is 2.87. The van der Waals surface area contributed by atoms with E-state index in [9.17, 15) is 23.3 Å². The summed E-state index contributed by atoms with van der Waals surface area (Å²) in [6.07, 6.45) is 1.35. The summed E-state index contributed by atoms with van der Waals surface area (Å²) in [4.78, 5) is 22.2. The summed E-state index contributed by atoms with van der Waals surface area (Å²) < 4.78 is 41.6. The zero-order valence-electron chi connectivity index (χ0n) is 19.0. The van der Waals surface area contributed by atoms with Crippen LogP contribution in [0, 0.1) is 10.1 Å². The van der Waals surface area contributed by atoms with Crippen molar-refractivity contribution in [2.24, 2.45) is 5.10 Å². The molecule has 0 heterocycles. The van der Waals surface area contributed by atoms with Crippen molar-refractivity contribution < 1.29 is 31.8 Å². The third-order valence-corrected chi connectivity index (χ3v) is 6.42. The van der Waals surface area contributed by atoms with Crippen molar-refractivity contribution in [3.8, 4) is 17.2 Å². The molecule has 3 rings (SSSR count). The van der Waals surface area contributed by atoms with Gasteiger partial charge in [0.25, 0.3) is 11.6 Å². The Kier molecular flexibility index (Phi) is 8.61. The summed E-state index contributed by atoms with van der Waals surface area (Å²) in [5, 5.41) is 14.7. The van der Waals surface area contributed by atoms with Crippen LogP contribution in [-0.4, -0.2) is 39.2 Å². The molecule has 0 spiro atoms. The highest BCUT2D eigenvalue weighted by molar-refractivity contribution is 9.10. The molecule has 0 fully saturated rings. The molecule has 188 valence electrons. The van der Waals surface area contributed by atoms with E-state index < -0.39 is 20.9 Å². The smallest absolute Gasteiger partial charge is 0.339 e. The van der Waals surface area contributed by atoms with Gasteiger partial charge >= 0.3 is 10.1 Å². The predicted octanol–water partition coefficient (Wildman–Crippen LogP) is 4.30. The van der Waals surface area contributed by atoms with Crippen LogP contribution in [0.3, 0.4) is 0 Å². The van der Waals surface area contributed by atoms with Gasteiger partial charge in [-0.3, -0.25) is 14.9 Å². The van der Waals surface area contributed by atoms with E-state index in [-0.39, 0.29) is 33.2 Å². The molecule has 0 radical (unpaired) electrons. The summed E-state index contributed by atoms with van der Waals surface area (Å²) in [7, 11) is -2.80. The van der Waals surface area contributed by atoms with Crippen molar-refractivity contribution in [2.75, 3.05) is 13.7 Å². The van der Waals surface area contributed by atoms with Gasteiger partial charge in [0.15, 0.2) is 11.5 Å². The number of halogens is 1. The number of amides is 1. The first-order chi connectivity index (χ1) is 17.1. The van der Waals surface area contributed by atoms with E-state index in [2.05, 4.69) is 26.5 Å². The van der Waals surface area contributed by atoms with Gasteiger partial charge in [-0.2, -0.15) is 13.5 Å². The molecular formula is C23H20BrN3O8S. The quantitative estimate of drug-likeness (QED) is 0.162. The zero-order chi connectivity index (χ0) is 26.3. The Labute approximate surface area is 215 Å². The van der Waals surface area contributed by atoms with Gasteiger partial charge in [-0.1, -0.05) is 0 Å². The van der Waals surface area contributed by atoms with E-state index in [1.54, 1.807) is 31.2 Å². The Morgan fingerprint density at radius 1 is 1.14 bits per heavy atom. The lowest BCUT2D eigenvalue weighted by Crippen LogP contribution is -2.17. The Hall–Kier alpha value is -3.97. The number of hydrogen-bond donors (Lipinski definition) is 1. The van der Waals surface area contributed by atoms with Crippen LogP contribution < -0.4 is 19.1 Å². The van der Waals surface area contributed by atoms with E-state index in [0.717, 1.165) is 24.3 Å². The highest BCUT2D eigenvalue weighted by Crippen LogP contribution is 2.38. The molecule has 0 saturated carbocycles. The van der Waals surface area contributed by atoms with Crippen LogP contribution in [0.4, 0.5) is 5.69 Å². The van der Waals surface area contributed by atoms with E-state index in [1.807, 2.05) is 0 Å². The fourth-order valence-corrected chi connectivity index (χ4v) is 4.48. The molecule has 11 nitrogen and oxygen atoms in total. The molecule has 0 aliphatic carbocycles. The number of nitro benzene ring substituents is 1. The number of nitrogens with one attached hydrogen (secondary N) is 1. The summed E-state index contributed by atoms with van der Waals surface area (Å²) in [6.45, 7) is 1.91. The third-order valence-electron chi connectivity index (χ3n) is 4.59. The highest BCUT2D eigenvalue weighted by atomic mass is 79.9. The standard InChI is InChI=1S/C23H20BrN3O8S/c1-3-34-21-13-15(14-25-26-23(28)16-4-8-18(33-2)9-5-16)12-20(24)22(21)35-36(31,32)19-10-6-17(7-11-19)27(29)30/h4-14H,3H2,1-2H3,(H,26,28)/b25-14-. The van der Waals surface area contributed by atoms with E-state index in [1.165, 1.54) is 25.5 Å². The number of hydrazone groups is 1. The molecule has 13 heteroatoms. The average molecular weight is 578 g/mol. The Morgan fingerprint density at radius 2 is 1.81 bits per heavy atom. The van der Waals surface area contributed by atoms with Crippen LogP contribution in [0.1, 0.15) is 22.8 Å². The predicted molar refractivity (Wildman–Crippen MR) is 134 cm³/mol. The van der Waals surface area contributed by atoms with Crippen LogP contribution in [0.2, 0.25) is 0 Å². The number of carbonyl (C=O) groups is 1.